The second-order valence-corrected chi connectivity index (χ2v) is 2.87. The van der Waals surface area contributed by atoms with Gasteiger partial charge >= 0.3 is 5.97 Å². The second kappa shape index (κ2) is 4.42. The number of nitrogens with one attached hydrogen (secondary N) is 1. The fraction of sp³-hybridized carbons (Fsp3) is 0.286. The van der Waals surface area contributed by atoms with Crippen LogP contribution >= 0.6 is 11.3 Å². The third-order valence-electron chi connectivity index (χ3n) is 1.26. The van der Waals surface area contributed by atoms with Gasteiger partial charge in [0.1, 0.15) is 11.1 Å². The van der Waals surface area contributed by atoms with Crippen LogP contribution < -0.4 is 5.32 Å². The maximum atomic E-state index is 11.2. The van der Waals surface area contributed by atoms with Crippen molar-refractivity contribution in [1.29, 1.82) is 5.26 Å². The number of aromatic nitrogens is 1. The highest BCUT2D eigenvalue weighted by Crippen LogP contribution is 2.19. The van der Waals surface area contributed by atoms with Crippen LogP contribution in [0.2, 0.25) is 0 Å². The molecule has 1 rings (SSSR count). The highest BCUT2D eigenvalue weighted by molar-refractivity contribution is 7.14. The molecule has 6 heteroatoms. The Bertz CT molecular complexity index is 342. The number of nitriles is 1. The van der Waals surface area contributed by atoms with Gasteiger partial charge in [-0.1, -0.05) is 0 Å². The molecule has 13 heavy (non-hydrogen) atoms. The first kappa shape index (κ1) is 9.48. The molecule has 0 saturated carbocycles. The molecule has 0 aliphatic rings. The maximum absolute atomic E-state index is 11.2. The number of thiazole rings is 1. The van der Waals surface area contributed by atoms with Crippen molar-refractivity contribution in [2.45, 2.75) is 0 Å². The van der Waals surface area contributed by atoms with Gasteiger partial charge in [0.2, 0.25) is 0 Å². The summed E-state index contributed by atoms with van der Waals surface area (Å²) >= 11 is 1.31. The Labute approximate surface area is 79.0 Å². The molecule has 0 aliphatic carbocycles. The van der Waals surface area contributed by atoms with Crippen LogP contribution in [0.15, 0.2) is 5.51 Å². The molecule has 0 bridgehead atoms. The van der Waals surface area contributed by atoms with E-state index in [1.165, 1.54) is 16.8 Å². The van der Waals surface area contributed by atoms with E-state index in [2.05, 4.69) is 15.0 Å². The number of hydrogen-bond acceptors (Lipinski definition) is 6. The number of carbonyl (C=O) groups excluding carboxylic acids is 1. The summed E-state index contributed by atoms with van der Waals surface area (Å²) in [6, 6.07) is 1.71. The molecule has 0 atom stereocenters. The van der Waals surface area contributed by atoms with Gasteiger partial charge in [-0.05, 0) is 0 Å². The van der Waals surface area contributed by atoms with Crippen LogP contribution in [0.25, 0.3) is 0 Å². The summed E-state index contributed by atoms with van der Waals surface area (Å²) < 4.78 is 4.58. The standard InChI is InChI=1S/C7H7N3O2S/c1-9-6-5(10-4-13-6)7(11)12-3-2-8/h4,9H,3H2,1H3. The molecule has 1 aromatic rings. The lowest BCUT2D eigenvalue weighted by molar-refractivity contribution is 0.0550. The molecule has 0 fully saturated rings. The van der Waals surface area contributed by atoms with Gasteiger partial charge in [-0.3, -0.25) is 0 Å². The lowest BCUT2D eigenvalue weighted by Gasteiger charge is -1.99. The van der Waals surface area contributed by atoms with Crippen LogP contribution in [0, 0.1) is 11.3 Å². The number of nitrogens with zero attached hydrogens (tertiary/aromatic N) is 2. The molecule has 0 spiro atoms. The summed E-state index contributed by atoms with van der Waals surface area (Å²) in [4.78, 5) is 15.0. The highest BCUT2D eigenvalue weighted by atomic mass is 32.1. The number of carbonyl (C=O) groups is 1. The summed E-state index contributed by atoms with van der Waals surface area (Å²) in [6.07, 6.45) is 0. The Morgan fingerprint density at radius 3 is 3.31 bits per heavy atom. The van der Waals surface area contributed by atoms with Gasteiger partial charge in [0.15, 0.2) is 12.3 Å². The average Bonchev–Trinajstić information content (AvgIpc) is 2.61. The van der Waals surface area contributed by atoms with Gasteiger partial charge in [0, 0.05) is 7.05 Å². The lowest BCUT2D eigenvalue weighted by atomic mass is 10.4. The first-order valence-electron chi connectivity index (χ1n) is 3.45. The van der Waals surface area contributed by atoms with Crippen LogP contribution in [0.1, 0.15) is 10.5 Å². The van der Waals surface area contributed by atoms with Crippen molar-refractivity contribution < 1.29 is 9.53 Å². The minimum atomic E-state index is -0.577. The number of anilines is 1. The fourth-order valence-corrected chi connectivity index (χ4v) is 1.36. The number of ether oxygens (including phenoxy) is 1. The third kappa shape index (κ3) is 2.16. The maximum Gasteiger partial charge on any atom is 0.361 e. The topological polar surface area (TPSA) is 75.0 Å². The average molecular weight is 197 g/mol. The summed E-state index contributed by atoms with van der Waals surface area (Å²) in [5.74, 6) is -0.577. The Morgan fingerprint density at radius 1 is 1.92 bits per heavy atom. The van der Waals surface area contributed by atoms with Gasteiger partial charge in [-0.2, -0.15) is 5.26 Å². The van der Waals surface area contributed by atoms with Crippen molar-refractivity contribution in [3.63, 3.8) is 0 Å². The molecule has 0 aliphatic heterocycles. The van der Waals surface area contributed by atoms with Gasteiger partial charge in [-0.25, -0.2) is 9.78 Å². The molecule has 68 valence electrons. The fourth-order valence-electron chi connectivity index (χ4n) is 0.735. The SMILES string of the molecule is CNc1scnc1C(=O)OCC#N. The molecule has 0 amide bonds. The first-order valence-corrected chi connectivity index (χ1v) is 4.33. The molecule has 0 radical (unpaired) electrons. The van der Waals surface area contributed by atoms with Gasteiger partial charge < -0.3 is 10.1 Å². The minimum absolute atomic E-state index is 0.225. The largest absolute Gasteiger partial charge is 0.445 e. The van der Waals surface area contributed by atoms with Crippen LogP contribution in [0.4, 0.5) is 5.00 Å². The van der Waals surface area contributed by atoms with Crippen LogP contribution in [0.5, 0.6) is 0 Å². The normalized spacial score (nSPS) is 8.92. The van der Waals surface area contributed by atoms with Crippen LogP contribution in [0.3, 0.4) is 0 Å². The predicted octanol–water partition coefficient (Wildman–Crippen LogP) is 0.865. The second-order valence-electron chi connectivity index (χ2n) is 2.01. The van der Waals surface area contributed by atoms with E-state index in [1.54, 1.807) is 13.1 Å². The van der Waals surface area contributed by atoms with E-state index >= 15 is 0 Å². The van der Waals surface area contributed by atoms with Crippen LogP contribution in [-0.2, 0) is 4.74 Å². The molecule has 1 heterocycles. The van der Waals surface area contributed by atoms with E-state index in [0.29, 0.717) is 5.00 Å². The van der Waals surface area contributed by atoms with Crippen molar-refractivity contribution in [1.82, 2.24) is 4.98 Å². The quantitative estimate of drug-likeness (QED) is 0.727. The number of esters is 1. The van der Waals surface area contributed by atoms with Crippen molar-refractivity contribution in [3.05, 3.63) is 11.2 Å². The van der Waals surface area contributed by atoms with Gasteiger partial charge in [0.05, 0.1) is 5.51 Å². The predicted molar refractivity (Wildman–Crippen MR) is 47.6 cm³/mol. The Kier molecular flexibility index (Phi) is 3.23. The van der Waals surface area contributed by atoms with Crippen molar-refractivity contribution >= 4 is 22.3 Å². The zero-order valence-corrected chi connectivity index (χ0v) is 7.72. The molecule has 0 aromatic carbocycles. The van der Waals surface area contributed by atoms with E-state index in [-0.39, 0.29) is 12.3 Å². The number of hydrogen-bond donors (Lipinski definition) is 1. The summed E-state index contributed by atoms with van der Waals surface area (Å²) in [7, 11) is 1.69. The van der Waals surface area contributed by atoms with E-state index in [0.717, 1.165) is 0 Å². The first-order chi connectivity index (χ1) is 6.29. The molecule has 5 nitrogen and oxygen atoms in total. The van der Waals surface area contributed by atoms with E-state index in [1.807, 2.05) is 0 Å². The molecular formula is C7H7N3O2S. The zero-order chi connectivity index (χ0) is 9.68. The third-order valence-corrected chi connectivity index (χ3v) is 2.10. The van der Waals surface area contributed by atoms with Crippen molar-refractivity contribution in [2.75, 3.05) is 19.0 Å². The van der Waals surface area contributed by atoms with Gasteiger partial charge in [-0.15, -0.1) is 11.3 Å². The lowest BCUT2D eigenvalue weighted by Crippen LogP contribution is -2.07. The van der Waals surface area contributed by atoms with Gasteiger partial charge in [0.25, 0.3) is 0 Å². The van der Waals surface area contributed by atoms with Crippen molar-refractivity contribution in [2.24, 2.45) is 0 Å². The van der Waals surface area contributed by atoms with E-state index in [9.17, 15) is 4.79 Å². The minimum Gasteiger partial charge on any atom is -0.445 e. The number of rotatable bonds is 3. The highest BCUT2D eigenvalue weighted by Gasteiger charge is 2.14. The summed E-state index contributed by atoms with van der Waals surface area (Å²) in [6.45, 7) is -0.250. The molecule has 0 unspecified atom stereocenters. The Balaban J connectivity index is 2.71. The van der Waals surface area contributed by atoms with Crippen LogP contribution in [-0.4, -0.2) is 24.6 Å². The molecule has 1 aromatic heterocycles. The summed E-state index contributed by atoms with van der Waals surface area (Å²) in [5.41, 5.74) is 1.76. The Hall–Kier alpha value is -1.61. The Morgan fingerprint density at radius 2 is 2.69 bits per heavy atom. The molecule has 1 N–H and O–H groups in total. The van der Waals surface area contributed by atoms with Crippen molar-refractivity contribution in [3.8, 4) is 6.07 Å². The monoisotopic (exact) mass is 197 g/mol. The molecular weight excluding hydrogens is 190 g/mol. The molecule has 0 saturated heterocycles. The zero-order valence-electron chi connectivity index (χ0n) is 6.90. The smallest absolute Gasteiger partial charge is 0.361 e. The summed E-state index contributed by atoms with van der Waals surface area (Å²) in [5, 5.41) is 11.6. The van der Waals surface area contributed by atoms with E-state index in [4.69, 9.17) is 5.26 Å². The van der Waals surface area contributed by atoms with E-state index < -0.39 is 5.97 Å².